The lowest BCUT2D eigenvalue weighted by molar-refractivity contribution is -0.136. The van der Waals surface area contributed by atoms with E-state index in [-0.39, 0.29) is 52.3 Å². The third-order valence-corrected chi connectivity index (χ3v) is 9.00. The first kappa shape index (κ1) is 25.4. The van der Waals surface area contributed by atoms with Crippen molar-refractivity contribution in [1.29, 1.82) is 0 Å². The van der Waals surface area contributed by atoms with E-state index in [4.69, 9.17) is 4.74 Å². The molecule has 196 valence electrons. The third-order valence-electron chi connectivity index (χ3n) is 7.95. The van der Waals surface area contributed by atoms with Gasteiger partial charge in [0, 0.05) is 30.7 Å². The number of halogens is 1. The maximum absolute atomic E-state index is 14.1. The third kappa shape index (κ3) is 5.11. The number of thioether (sulfide) groups is 1. The van der Waals surface area contributed by atoms with Crippen LogP contribution in [0.4, 0.5) is 4.39 Å². The number of hydrogen-bond donors (Lipinski definition) is 1. The van der Waals surface area contributed by atoms with Crippen molar-refractivity contribution in [3.05, 3.63) is 38.9 Å². The average molecular weight is 519 g/mol. The molecule has 1 unspecified atom stereocenters. The predicted octanol–water partition coefficient (Wildman–Crippen LogP) is 3.57. The molecule has 0 aromatic carbocycles. The van der Waals surface area contributed by atoms with Crippen LogP contribution in [-0.4, -0.2) is 49.8 Å². The number of hydrogen-bond acceptors (Lipinski definition) is 6. The normalized spacial score (nSPS) is 27.1. The number of rotatable bonds is 4. The number of aromatic nitrogens is 3. The summed E-state index contributed by atoms with van der Waals surface area (Å²) >= 11 is 1.85. The molecule has 0 bridgehead atoms. The second-order valence-electron chi connectivity index (χ2n) is 11.0. The molecule has 1 atom stereocenters. The molecule has 8 nitrogen and oxygen atoms in total. The van der Waals surface area contributed by atoms with Crippen LogP contribution < -0.4 is 16.6 Å². The molecule has 2 aromatic rings. The van der Waals surface area contributed by atoms with Gasteiger partial charge >= 0.3 is 5.69 Å². The summed E-state index contributed by atoms with van der Waals surface area (Å²) < 4.78 is 22.8. The van der Waals surface area contributed by atoms with Crippen LogP contribution in [0.1, 0.15) is 77.3 Å². The van der Waals surface area contributed by atoms with Crippen molar-refractivity contribution in [2.24, 2.45) is 5.92 Å². The van der Waals surface area contributed by atoms with E-state index >= 15 is 0 Å². The molecule has 2 saturated heterocycles. The molecule has 1 N–H and O–H groups in total. The zero-order valence-electron chi connectivity index (χ0n) is 21.0. The smallest absolute Gasteiger partial charge is 0.333 e. The minimum absolute atomic E-state index is 0.0209. The maximum atomic E-state index is 14.1. The number of nitrogens with zero attached hydrogens (tertiary/aromatic N) is 3. The largest absolute Gasteiger partial charge is 0.376 e. The van der Waals surface area contributed by atoms with Crippen LogP contribution in [-0.2, 0) is 9.53 Å². The van der Waals surface area contributed by atoms with Gasteiger partial charge in [0.25, 0.3) is 5.56 Å². The highest BCUT2D eigenvalue weighted by Gasteiger charge is 2.35. The van der Waals surface area contributed by atoms with Gasteiger partial charge in [-0.05, 0) is 82.8 Å². The van der Waals surface area contributed by atoms with E-state index in [1.165, 1.54) is 10.6 Å². The average Bonchev–Trinajstić information content (AvgIpc) is 2.85. The number of carbonyl (C=O) groups excluding carboxylic acids is 1. The molecule has 3 fully saturated rings. The van der Waals surface area contributed by atoms with Crippen LogP contribution in [0.5, 0.6) is 0 Å². The minimum Gasteiger partial charge on any atom is -0.376 e. The van der Waals surface area contributed by atoms with E-state index in [1.807, 2.05) is 25.6 Å². The Bertz CT molecular complexity index is 1240. The Morgan fingerprint density at radius 1 is 1.08 bits per heavy atom. The van der Waals surface area contributed by atoms with E-state index in [0.29, 0.717) is 38.7 Å². The van der Waals surface area contributed by atoms with Gasteiger partial charge in [0.2, 0.25) is 5.91 Å². The summed E-state index contributed by atoms with van der Waals surface area (Å²) in [6.45, 7) is 4.61. The summed E-state index contributed by atoms with van der Waals surface area (Å²) in [4.78, 5) is 44.2. The summed E-state index contributed by atoms with van der Waals surface area (Å²) in [7, 11) is 0. The van der Waals surface area contributed by atoms with E-state index in [9.17, 15) is 18.8 Å². The lowest BCUT2D eigenvalue weighted by atomic mass is 9.86. The molecule has 5 rings (SSSR count). The van der Waals surface area contributed by atoms with Crippen molar-refractivity contribution in [2.45, 2.75) is 88.9 Å². The minimum atomic E-state index is -0.585. The lowest BCUT2D eigenvalue weighted by Crippen LogP contribution is -2.48. The topological polar surface area (TPSA) is 95.2 Å². The quantitative estimate of drug-likeness (QED) is 0.665. The first-order valence-corrected chi connectivity index (χ1v) is 14.2. The molecule has 4 heterocycles. The Morgan fingerprint density at radius 2 is 1.78 bits per heavy atom. The first-order chi connectivity index (χ1) is 17.2. The zero-order valence-corrected chi connectivity index (χ0v) is 21.8. The molecular weight excluding hydrogens is 483 g/mol. The van der Waals surface area contributed by atoms with Gasteiger partial charge in [0.1, 0.15) is 11.5 Å². The monoisotopic (exact) mass is 518 g/mol. The van der Waals surface area contributed by atoms with Gasteiger partial charge in [-0.15, -0.1) is 0 Å². The summed E-state index contributed by atoms with van der Waals surface area (Å²) in [6.07, 6.45) is 6.72. The fourth-order valence-electron chi connectivity index (χ4n) is 6.05. The Kier molecular flexibility index (Phi) is 7.27. The van der Waals surface area contributed by atoms with Crippen molar-refractivity contribution in [2.75, 3.05) is 18.1 Å². The van der Waals surface area contributed by atoms with Crippen LogP contribution in [0.3, 0.4) is 0 Å². The van der Waals surface area contributed by atoms with Crippen molar-refractivity contribution in [3.63, 3.8) is 0 Å². The van der Waals surface area contributed by atoms with Crippen molar-refractivity contribution >= 4 is 28.7 Å². The summed E-state index contributed by atoms with van der Waals surface area (Å²) in [5.74, 6) is 1.30. The molecule has 3 aliphatic rings. The highest BCUT2D eigenvalue weighted by atomic mass is 32.2. The molecule has 1 saturated carbocycles. The van der Waals surface area contributed by atoms with Gasteiger partial charge in [-0.25, -0.2) is 14.2 Å². The van der Waals surface area contributed by atoms with E-state index < -0.39 is 11.4 Å². The highest BCUT2D eigenvalue weighted by molar-refractivity contribution is 7.99. The zero-order chi connectivity index (χ0) is 25.4. The number of carbonyl (C=O) groups is 1. The van der Waals surface area contributed by atoms with E-state index in [0.717, 1.165) is 37.0 Å². The maximum Gasteiger partial charge on any atom is 0.333 e. The number of pyridine rings is 1. The SMILES string of the molecule is CC1(C)CC(C(=O)N[C@H]2CC[C@@H](n3c(=O)c4cc(F)cnc4n(C4CCSCC4)c3=O)CC2)CCO1. The van der Waals surface area contributed by atoms with E-state index in [2.05, 4.69) is 10.3 Å². The second kappa shape index (κ2) is 10.3. The van der Waals surface area contributed by atoms with Crippen molar-refractivity contribution in [1.82, 2.24) is 19.4 Å². The number of amides is 1. The summed E-state index contributed by atoms with van der Waals surface area (Å²) in [6, 6.07) is 0.894. The lowest BCUT2D eigenvalue weighted by Gasteiger charge is -2.36. The molecule has 1 aliphatic carbocycles. The Hall–Kier alpha value is -2.20. The van der Waals surface area contributed by atoms with Crippen LogP contribution in [0.2, 0.25) is 0 Å². The standard InChI is InChI=1S/C26H35FN4O4S/c1-26(2)14-16(7-10-35-26)23(32)29-18-3-5-19(6-4-18)31-24(33)21-13-17(27)15-28-22(21)30(25(31)34)20-8-11-36-12-9-20/h13,15-16,18-20H,3-12,14H2,1-2H3,(H,29,32)/t16?,18-,19+. The van der Waals surface area contributed by atoms with Gasteiger partial charge < -0.3 is 10.1 Å². The molecule has 0 spiro atoms. The van der Waals surface area contributed by atoms with Crippen LogP contribution in [0.25, 0.3) is 11.0 Å². The van der Waals surface area contributed by atoms with Crippen molar-refractivity contribution in [3.8, 4) is 0 Å². The van der Waals surface area contributed by atoms with Gasteiger partial charge in [-0.3, -0.25) is 18.7 Å². The molecule has 10 heteroatoms. The van der Waals surface area contributed by atoms with Crippen molar-refractivity contribution < 1.29 is 13.9 Å². The van der Waals surface area contributed by atoms with Gasteiger partial charge in [0.05, 0.1) is 17.2 Å². The molecule has 2 aromatic heterocycles. The van der Waals surface area contributed by atoms with Gasteiger partial charge in [-0.1, -0.05) is 0 Å². The molecule has 0 radical (unpaired) electrons. The molecular formula is C26H35FN4O4S. The Labute approximate surface area is 214 Å². The van der Waals surface area contributed by atoms with Crippen LogP contribution in [0.15, 0.2) is 21.9 Å². The Morgan fingerprint density at radius 3 is 2.47 bits per heavy atom. The fraction of sp³-hybridized carbons (Fsp3) is 0.692. The summed E-state index contributed by atoms with van der Waals surface area (Å²) in [5.41, 5.74) is -0.832. The van der Waals surface area contributed by atoms with Gasteiger partial charge in [-0.2, -0.15) is 11.8 Å². The second-order valence-corrected chi connectivity index (χ2v) is 12.2. The highest BCUT2D eigenvalue weighted by Crippen LogP contribution is 2.32. The first-order valence-electron chi connectivity index (χ1n) is 13.1. The fourth-order valence-corrected chi connectivity index (χ4v) is 7.13. The summed E-state index contributed by atoms with van der Waals surface area (Å²) in [5, 5.41) is 3.36. The van der Waals surface area contributed by atoms with Crippen LogP contribution >= 0.6 is 11.8 Å². The number of ether oxygens (including phenoxy) is 1. The molecule has 2 aliphatic heterocycles. The number of nitrogens with one attached hydrogen (secondary N) is 1. The van der Waals surface area contributed by atoms with Gasteiger partial charge in [0.15, 0.2) is 0 Å². The van der Waals surface area contributed by atoms with E-state index in [1.54, 1.807) is 4.57 Å². The number of fused-ring (bicyclic) bond motifs is 1. The predicted molar refractivity (Wildman–Crippen MR) is 138 cm³/mol. The Balaban J connectivity index is 1.36. The van der Waals surface area contributed by atoms with Crippen LogP contribution in [0, 0.1) is 11.7 Å². The molecule has 1 amide bonds. The molecule has 36 heavy (non-hydrogen) atoms.